The van der Waals surface area contributed by atoms with Gasteiger partial charge in [-0.25, -0.2) is 14.5 Å². The molecule has 0 radical (unpaired) electrons. The molecule has 3 aromatic heterocycles. The van der Waals surface area contributed by atoms with Crippen LogP contribution in [0.15, 0.2) is 54.9 Å². The lowest BCUT2D eigenvalue weighted by molar-refractivity contribution is 0.0529. The molecule has 9 heteroatoms. The predicted octanol–water partition coefficient (Wildman–Crippen LogP) is 4.69. The maximum Gasteiger partial charge on any atom is 0.262 e. The Balaban J connectivity index is 1.52. The first kappa shape index (κ1) is 22.9. The molecule has 5 aromatic rings. The average Bonchev–Trinajstić information content (AvgIpc) is 3.51. The standard InChI is InChI=1S/C28H26N6O3/c1-15(2)23(34-27(35)20-11-6-7-12-21(20)28(34)36)24-30-26-22-16(3)17(4)33(25(22)29-14-32(26)31-24)18-9-8-10-19(13-18)37-5/h6-15,23H,1-5H3. The quantitative estimate of drug-likeness (QED) is 0.329. The number of benzene rings is 2. The normalized spacial score (nSPS) is 14.3. The monoisotopic (exact) mass is 494 g/mol. The number of methoxy groups -OCH3 is 1. The molecule has 1 unspecified atom stereocenters. The molecule has 186 valence electrons. The number of carbonyl (C=O) groups excluding carboxylic acids is 2. The zero-order valence-electron chi connectivity index (χ0n) is 21.3. The molecule has 4 heterocycles. The van der Waals surface area contributed by atoms with Crippen molar-refractivity contribution in [1.82, 2.24) is 29.0 Å². The third-order valence-electron chi connectivity index (χ3n) is 7.16. The van der Waals surface area contributed by atoms with Crippen LogP contribution in [0.4, 0.5) is 0 Å². The van der Waals surface area contributed by atoms with Crippen LogP contribution in [-0.4, -0.2) is 48.0 Å². The highest BCUT2D eigenvalue weighted by Crippen LogP contribution is 2.36. The van der Waals surface area contributed by atoms with Crippen molar-refractivity contribution in [2.75, 3.05) is 7.11 Å². The van der Waals surface area contributed by atoms with Gasteiger partial charge in [-0.15, -0.1) is 5.10 Å². The molecule has 0 fully saturated rings. The smallest absolute Gasteiger partial charge is 0.262 e. The van der Waals surface area contributed by atoms with E-state index in [9.17, 15) is 9.59 Å². The summed E-state index contributed by atoms with van der Waals surface area (Å²) in [5, 5.41) is 5.58. The molecule has 0 saturated heterocycles. The number of amides is 2. The minimum atomic E-state index is -0.621. The highest BCUT2D eigenvalue weighted by Gasteiger charge is 2.43. The summed E-state index contributed by atoms with van der Waals surface area (Å²) < 4.78 is 9.13. The van der Waals surface area contributed by atoms with Crippen LogP contribution in [0, 0.1) is 19.8 Å². The molecule has 0 N–H and O–H groups in total. The zero-order valence-corrected chi connectivity index (χ0v) is 21.3. The van der Waals surface area contributed by atoms with Crippen LogP contribution < -0.4 is 4.74 Å². The van der Waals surface area contributed by atoms with Crippen LogP contribution in [0.2, 0.25) is 0 Å². The first-order valence-corrected chi connectivity index (χ1v) is 12.2. The Kier molecular flexibility index (Phi) is 5.11. The molecule has 2 amide bonds. The van der Waals surface area contributed by atoms with Crippen molar-refractivity contribution >= 4 is 28.5 Å². The lowest BCUT2D eigenvalue weighted by Gasteiger charge is -2.26. The number of rotatable bonds is 5. The second-order valence-corrected chi connectivity index (χ2v) is 9.64. The third kappa shape index (κ3) is 3.27. The average molecular weight is 495 g/mol. The van der Waals surface area contributed by atoms with E-state index in [1.54, 1.807) is 42.2 Å². The van der Waals surface area contributed by atoms with Crippen LogP contribution >= 0.6 is 0 Å². The summed E-state index contributed by atoms with van der Waals surface area (Å²) in [4.78, 5) is 37.5. The van der Waals surface area contributed by atoms with E-state index in [0.717, 1.165) is 33.7 Å². The molecule has 0 aliphatic carbocycles. The van der Waals surface area contributed by atoms with Crippen LogP contribution in [0.3, 0.4) is 0 Å². The first-order chi connectivity index (χ1) is 17.8. The molecule has 0 bridgehead atoms. The molecule has 37 heavy (non-hydrogen) atoms. The van der Waals surface area contributed by atoms with E-state index in [1.807, 2.05) is 52.0 Å². The number of fused-ring (bicyclic) bond motifs is 4. The Morgan fingerprint density at radius 3 is 2.27 bits per heavy atom. The number of hydrogen-bond donors (Lipinski definition) is 0. The lowest BCUT2D eigenvalue weighted by atomic mass is 10.0. The fourth-order valence-corrected chi connectivity index (χ4v) is 5.24. The fraction of sp³-hybridized carbons (Fsp3) is 0.250. The van der Waals surface area contributed by atoms with E-state index >= 15 is 0 Å². The van der Waals surface area contributed by atoms with Gasteiger partial charge in [0, 0.05) is 11.8 Å². The van der Waals surface area contributed by atoms with Crippen molar-refractivity contribution in [3.63, 3.8) is 0 Å². The van der Waals surface area contributed by atoms with E-state index in [1.165, 1.54) is 4.90 Å². The highest BCUT2D eigenvalue weighted by atomic mass is 16.5. The molecule has 1 aliphatic heterocycles. The summed E-state index contributed by atoms with van der Waals surface area (Å²) in [6.07, 6.45) is 1.63. The lowest BCUT2D eigenvalue weighted by Crippen LogP contribution is -2.37. The van der Waals surface area contributed by atoms with Crippen LogP contribution in [-0.2, 0) is 0 Å². The third-order valence-corrected chi connectivity index (χ3v) is 7.16. The molecular weight excluding hydrogens is 468 g/mol. The summed E-state index contributed by atoms with van der Waals surface area (Å²) in [7, 11) is 1.64. The van der Waals surface area contributed by atoms with Gasteiger partial charge in [0.1, 0.15) is 18.1 Å². The second-order valence-electron chi connectivity index (χ2n) is 9.64. The molecular formula is C28H26N6O3. The maximum atomic E-state index is 13.3. The minimum absolute atomic E-state index is 0.104. The summed E-state index contributed by atoms with van der Waals surface area (Å²) >= 11 is 0. The SMILES string of the molecule is COc1cccc(-n2c(C)c(C)c3c2ncn2nc(C(C(C)C)N4C(=O)c5ccccc5C4=O)nc32)c1. The number of carbonyl (C=O) groups is 2. The summed E-state index contributed by atoms with van der Waals surface area (Å²) in [6, 6.07) is 14.1. The van der Waals surface area contributed by atoms with Crippen molar-refractivity contribution in [3.8, 4) is 11.4 Å². The van der Waals surface area contributed by atoms with Gasteiger partial charge in [-0.2, -0.15) is 0 Å². The van der Waals surface area contributed by atoms with Gasteiger partial charge in [0.15, 0.2) is 17.1 Å². The Morgan fingerprint density at radius 1 is 0.919 bits per heavy atom. The number of imide groups is 1. The number of ether oxygens (including phenoxy) is 1. The topological polar surface area (TPSA) is 94.6 Å². The Bertz CT molecular complexity index is 1700. The van der Waals surface area contributed by atoms with Gasteiger partial charge in [0.25, 0.3) is 11.8 Å². The summed E-state index contributed by atoms with van der Waals surface area (Å²) in [5.41, 5.74) is 5.17. The van der Waals surface area contributed by atoms with Crippen LogP contribution in [0.1, 0.15) is 57.7 Å². The molecule has 0 saturated carbocycles. The van der Waals surface area contributed by atoms with Gasteiger partial charge in [-0.1, -0.05) is 32.0 Å². The van der Waals surface area contributed by atoms with Gasteiger partial charge in [-0.3, -0.25) is 19.1 Å². The largest absolute Gasteiger partial charge is 0.497 e. The predicted molar refractivity (Wildman–Crippen MR) is 138 cm³/mol. The molecule has 2 aromatic carbocycles. The van der Waals surface area contributed by atoms with Gasteiger partial charge < -0.3 is 4.74 Å². The number of nitrogens with zero attached hydrogens (tertiary/aromatic N) is 6. The highest BCUT2D eigenvalue weighted by molar-refractivity contribution is 6.21. The maximum absolute atomic E-state index is 13.3. The zero-order chi connectivity index (χ0) is 26.0. The van der Waals surface area contributed by atoms with Gasteiger partial charge in [0.2, 0.25) is 0 Å². The Morgan fingerprint density at radius 2 is 1.62 bits per heavy atom. The molecule has 9 nitrogen and oxygen atoms in total. The van der Waals surface area contributed by atoms with Crippen molar-refractivity contribution in [2.45, 2.75) is 33.7 Å². The van der Waals surface area contributed by atoms with Gasteiger partial charge in [-0.05, 0) is 49.6 Å². The van der Waals surface area contributed by atoms with Crippen molar-refractivity contribution in [2.24, 2.45) is 5.92 Å². The van der Waals surface area contributed by atoms with E-state index in [2.05, 4.69) is 4.57 Å². The van der Waals surface area contributed by atoms with Crippen LogP contribution in [0.25, 0.3) is 22.4 Å². The van der Waals surface area contributed by atoms with Crippen LogP contribution in [0.5, 0.6) is 5.75 Å². The molecule has 1 aliphatic rings. The number of aryl methyl sites for hydroxylation is 1. The Hall–Kier alpha value is -4.53. The van der Waals surface area contributed by atoms with E-state index < -0.39 is 6.04 Å². The van der Waals surface area contributed by atoms with Gasteiger partial charge >= 0.3 is 0 Å². The fourth-order valence-electron chi connectivity index (χ4n) is 5.24. The summed E-state index contributed by atoms with van der Waals surface area (Å²) in [5.74, 6) is 0.413. The number of aromatic nitrogens is 5. The van der Waals surface area contributed by atoms with E-state index in [-0.39, 0.29) is 17.7 Å². The van der Waals surface area contributed by atoms with E-state index in [0.29, 0.717) is 22.6 Å². The molecule has 1 atom stereocenters. The van der Waals surface area contributed by atoms with E-state index in [4.69, 9.17) is 19.8 Å². The van der Waals surface area contributed by atoms with Crippen molar-refractivity contribution < 1.29 is 14.3 Å². The number of hydrogen-bond acceptors (Lipinski definition) is 6. The molecule has 6 rings (SSSR count). The van der Waals surface area contributed by atoms with Crippen molar-refractivity contribution in [3.05, 3.63) is 83.1 Å². The minimum Gasteiger partial charge on any atom is -0.497 e. The Labute approximate surface area is 213 Å². The first-order valence-electron chi connectivity index (χ1n) is 12.2. The summed E-state index contributed by atoms with van der Waals surface area (Å²) in [6.45, 7) is 8.00. The van der Waals surface area contributed by atoms with Crippen molar-refractivity contribution in [1.29, 1.82) is 0 Å². The van der Waals surface area contributed by atoms with Gasteiger partial charge in [0.05, 0.1) is 29.3 Å². The molecule has 0 spiro atoms. The second kappa shape index (κ2) is 8.26.